The molecular formula is C15H28N2O3. The zero-order valence-electron chi connectivity index (χ0n) is 13.0. The molecule has 20 heavy (non-hydrogen) atoms. The largest absolute Gasteiger partial charge is 0.481 e. The fourth-order valence-electron chi connectivity index (χ4n) is 2.75. The maximum absolute atomic E-state index is 12.5. The zero-order chi connectivity index (χ0) is 15.1. The van der Waals surface area contributed by atoms with Crippen molar-refractivity contribution >= 4 is 12.0 Å². The summed E-state index contributed by atoms with van der Waals surface area (Å²) in [6.07, 6.45) is 3.60. The number of aliphatic carboxylic acids is 1. The van der Waals surface area contributed by atoms with Crippen molar-refractivity contribution < 1.29 is 14.7 Å². The Morgan fingerprint density at radius 2 is 1.95 bits per heavy atom. The summed E-state index contributed by atoms with van der Waals surface area (Å²) in [5, 5.41) is 9.10. The predicted octanol–water partition coefficient (Wildman–Crippen LogP) is 2.66. The lowest BCUT2D eigenvalue weighted by molar-refractivity contribution is -0.143. The number of hydrogen-bond donors (Lipinski definition) is 1. The summed E-state index contributed by atoms with van der Waals surface area (Å²) in [7, 11) is 0. The first-order chi connectivity index (χ1) is 9.53. The second-order valence-electron chi connectivity index (χ2n) is 5.63. The van der Waals surface area contributed by atoms with Crippen LogP contribution in [0.2, 0.25) is 0 Å². The molecule has 0 spiro atoms. The maximum atomic E-state index is 12.5. The van der Waals surface area contributed by atoms with Gasteiger partial charge in [0.2, 0.25) is 0 Å². The van der Waals surface area contributed by atoms with Crippen molar-refractivity contribution in [2.24, 2.45) is 11.8 Å². The van der Waals surface area contributed by atoms with Gasteiger partial charge in [-0.3, -0.25) is 4.79 Å². The topological polar surface area (TPSA) is 60.9 Å². The first kappa shape index (κ1) is 16.8. The molecule has 0 aromatic heterocycles. The first-order valence-electron chi connectivity index (χ1n) is 7.80. The van der Waals surface area contributed by atoms with Gasteiger partial charge in [0.1, 0.15) is 0 Å². The van der Waals surface area contributed by atoms with Gasteiger partial charge >= 0.3 is 12.0 Å². The van der Waals surface area contributed by atoms with Crippen LogP contribution in [0.3, 0.4) is 0 Å². The molecule has 0 aromatic rings. The van der Waals surface area contributed by atoms with Crippen LogP contribution in [-0.4, -0.2) is 53.1 Å². The Hall–Kier alpha value is -1.26. The van der Waals surface area contributed by atoms with E-state index in [4.69, 9.17) is 5.11 Å². The van der Waals surface area contributed by atoms with E-state index in [0.29, 0.717) is 32.0 Å². The lowest BCUT2D eigenvalue weighted by Crippen LogP contribution is -2.49. The van der Waals surface area contributed by atoms with Gasteiger partial charge in [0.15, 0.2) is 0 Å². The van der Waals surface area contributed by atoms with Crippen LogP contribution in [0, 0.1) is 11.8 Å². The third-order valence-electron chi connectivity index (χ3n) is 4.33. The molecule has 1 aliphatic heterocycles. The number of carboxylic acids is 1. The zero-order valence-corrected chi connectivity index (χ0v) is 13.0. The van der Waals surface area contributed by atoms with E-state index in [2.05, 4.69) is 13.8 Å². The Balaban J connectivity index is 2.63. The SMILES string of the molecule is CCC(CC)CN(CC)C(=O)N1CCCC(C(=O)O)C1. The number of carboxylic acid groups (broad SMARTS) is 1. The number of piperidine rings is 1. The second-order valence-corrected chi connectivity index (χ2v) is 5.63. The highest BCUT2D eigenvalue weighted by Gasteiger charge is 2.30. The van der Waals surface area contributed by atoms with Crippen LogP contribution in [0.5, 0.6) is 0 Å². The van der Waals surface area contributed by atoms with Gasteiger partial charge in [-0.05, 0) is 25.7 Å². The molecular weight excluding hydrogens is 256 g/mol. The number of nitrogens with zero attached hydrogens (tertiary/aromatic N) is 2. The fraction of sp³-hybridized carbons (Fsp3) is 0.867. The van der Waals surface area contributed by atoms with E-state index in [0.717, 1.165) is 25.8 Å². The number of likely N-dealkylation sites (tertiary alicyclic amines) is 1. The average molecular weight is 284 g/mol. The molecule has 5 heteroatoms. The molecule has 1 saturated heterocycles. The highest BCUT2D eigenvalue weighted by molar-refractivity contribution is 5.76. The fourth-order valence-corrected chi connectivity index (χ4v) is 2.75. The molecule has 116 valence electrons. The minimum atomic E-state index is -0.787. The number of urea groups is 1. The molecule has 1 atom stereocenters. The van der Waals surface area contributed by atoms with Gasteiger partial charge < -0.3 is 14.9 Å². The van der Waals surface area contributed by atoms with Crippen LogP contribution < -0.4 is 0 Å². The summed E-state index contributed by atoms with van der Waals surface area (Å²) >= 11 is 0. The van der Waals surface area contributed by atoms with Crippen LogP contribution >= 0.6 is 0 Å². The minimum Gasteiger partial charge on any atom is -0.481 e. The number of carbonyl (C=O) groups is 2. The van der Waals surface area contributed by atoms with Crippen molar-refractivity contribution in [2.75, 3.05) is 26.2 Å². The predicted molar refractivity (Wildman–Crippen MR) is 78.6 cm³/mol. The van der Waals surface area contributed by atoms with E-state index in [1.807, 2.05) is 11.8 Å². The number of hydrogen-bond acceptors (Lipinski definition) is 2. The van der Waals surface area contributed by atoms with E-state index >= 15 is 0 Å². The summed E-state index contributed by atoms with van der Waals surface area (Å²) < 4.78 is 0. The average Bonchev–Trinajstić information content (AvgIpc) is 2.48. The summed E-state index contributed by atoms with van der Waals surface area (Å²) in [5.41, 5.74) is 0. The number of rotatable bonds is 6. The van der Waals surface area contributed by atoms with Gasteiger partial charge in [-0.15, -0.1) is 0 Å². The molecule has 0 aliphatic carbocycles. The van der Waals surface area contributed by atoms with Crippen molar-refractivity contribution in [1.82, 2.24) is 9.80 Å². The van der Waals surface area contributed by atoms with Crippen molar-refractivity contribution in [3.8, 4) is 0 Å². The van der Waals surface area contributed by atoms with E-state index in [1.54, 1.807) is 4.90 Å². The summed E-state index contributed by atoms with van der Waals surface area (Å²) in [4.78, 5) is 27.2. The van der Waals surface area contributed by atoms with Crippen LogP contribution in [0.15, 0.2) is 0 Å². The number of carbonyl (C=O) groups excluding carboxylic acids is 1. The molecule has 1 fully saturated rings. The molecule has 5 nitrogen and oxygen atoms in total. The molecule has 1 unspecified atom stereocenters. The minimum absolute atomic E-state index is 0.00495. The highest BCUT2D eigenvalue weighted by atomic mass is 16.4. The summed E-state index contributed by atoms with van der Waals surface area (Å²) in [6, 6.07) is 0.00495. The summed E-state index contributed by atoms with van der Waals surface area (Å²) in [5.74, 6) is -0.663. The third-order valence-corrected chi connectivity index (χ3v) is 4.33. The molecule has 0 saturated carbocycles. The quantitative estimate of drug-likeness (QED) is 0.815. The monoisotopic (exact) mass is 284 g/mol. The van der Waals surface area contributed by atoms with E-state index in [1.165, 1.54) is 0 Å². The highest BCUT2D eigenvalue weighted by Crippen LogP contribution is 2.19. The van der Waals surface area contributed by atoms with Gasteiger partial charge in [-0.25, -0.2) is 4.79 Å². The van der Waals surface area contributed by atoms with Crippen LogP contribution in [0.1, 0.15) is 46.5 Å². The molecule has 1 N–H and O–H groups in total. The molecule has 1 aliphatic rings. The van der Waals surface area contributed by atoms with Crippen molar-refractivity contribution in [3.05, 3.63) is 0 Å². The van der Waals surface area contributed by atoms with Gasteiger partial charge in [0.25, 0.3) is 0 Å². The van der Waals surface area contributed by atoms with Gasteiger partial charge in [0, 0.05) is 26.2 Å². The van der Waals surface area contributed by atoms with Crippen molar-refractivity contribution in [1.29, 1.82) is 0 Å². The molecule has 0 bridgehead atoms. The van der Waals surface area contributed by atoms with Gasteiger partial charge in [0.05, 0.1) is 5.92 Å². The first-order valence-corrected chi connectivity index (χ1v) is 7.80. The second kappa shape index (κ2) is 8.12. The van der Waals surface area contributed by atoms with Crippen LogP contribution in [0.25, 0.3) is 0 Å². The van der Waals surface area contributed by atoms with Crippen LogP contribution in [-0.2, 0) is 4.79 Å². The Bertz CT molecular complexity index is 329. The smallest absolute Gasteiger partial charge is 0.320 e. The van der Waals surface area contributed by atoms with E-state index < -0.39 is 11.9 Å². The molecule has 1 rings (SSSR count). The van der Waals surface area contributed by atoms with Crippen molar-refractivity contribution in [3.63, 3.8) is 0 Å². The van der Waals surface area contributed by atoms with Crippen LogP contribution in [0.4, 0.5) is 4.79 Å². The van der Waals surface area contributed by atoms with Gasteiger partial charge in [-0.1, -0.05) is 26.7 Å². The van der Waals surface area contributed by atoms with Crippen molar-refractivity contribution in [2.45, 2.75) is 46.5 Å². The number of amides is 2. The van der Waals surface area contributed by atoms with E-state index in [-0.39, 0.29) is 6.03 Å². The molecule has 0 aromatic carbocycles. The standard InChI is InChI=1S/C15H28N2O3/c1-4-12(5-2)10-16(6-3)15(20)17-9-7-8-13(11-17)14(18)19/h12-13H,4-11H2,1-3H3,(H,18,19). The maximum Gasteiger partial charge on any atom is 0.320 e. The Labute approximate surface area is 121 Å². The molecule has 2 amide bonds. The Kier molecular flexibility index (Phi) is 6.82. The normalized spacial score (nSPS) is 19.2. The molecule has 0 radical (unpaired) electrons. The Morgan fingerprint density at radius 1 is 1.30 bits per heavy atom. The van der Waals surface area contributed by atoms with E-state index in [9.17, 15) is 9.59 Å². The molecule has 1 heterocycles. The lowest BCUT2D eigenvalue weighted by Gasteiger charge is -2.36. The third kappa shape index (κ3) is 4.39. The Morgan fingerprint density at radius 3 is 2.45 bits per heavy atom. The lowest BCUT2D eigenvalue weighted by atomic mass is 9.98. The van der Waals surface area contributed by atoms with Gasteiger partial charge in [-0.2, -0.15) is 0 Å². The summed E-state index contributed by atoms with van der Waals surface area (Å²) in [6.45, 7) is 8.77.